The van der Waals surface area contributed by atoms with Crippen LogP contribution in [-0.2, 0) is 4.79 Å². The van der Waals surface area contributed by atoms with Crippen LogP contribution >= 0.6 is 22.6 Å². The number of amides is 2. The van der Waals surface area contributed by atoms with Gasteiger partial charge in [0.15, 0.2) is 0 Å². The van der Waals surface area contributed by atoms with Crippen LogP contribution in [0.1, 0.15) is 23.7 Å². The molecule has 0 bridgehead atoms. The molecule has 3 rings (SSSR count). The zero-order chi connectivity index (χ0) is 21.3. The van der Waals surface area contributed by atoms with Crippen molar-refractivity contribution in [3.63, 3.8) is 0 Å². The third-order valence-corrected chi connectivity index (χ3v) is 4.75. The zero-order valence-electron chi connectivity index (χ0n) is 16.4. The van der Waals surface area contributed by atoms with E-state index in [0.29, 0.717) is 17.0 Å². The SMILES string of the molecule is C/C(CC(=O)Nc1ccc(Nc2ccccc2)cc1)=N\NC(=O)c1cccc(I)c1. The molecule has 0 aliphatic carbocycles. The van der Waals surface area contributed by atoms with E-state index in [4.69, 9.17) is 0 Å². The molecule has 0 aliphatic rings. The third-order valence-electron chi connectivity index (χ3n) is 4.08. The van der Waals surface area contributed by atoms with Crippen molar-refractivity contribution in [2.75, 3.05) is 10.6 Å². The summed E-state index contributed by atoms with van der Waals surface area (Å²) in [7, 11) is 0. The molecular weight excluding hydrogens is 491 g/mol. The van der Waals surface area contributed by atoms with E-state index in [9.17, 15) is 9.59 Å². The quantitative estimate of drug-likeness (QED) is 0.232. The van der Waals surface area contributed by atoms with Crippen LogP contribution in [0.25, 0.3) is 0 Å². The van der Waals surface area contributed by atoms with Gasteiger partial charge in [0.2, 0.25) is 5.91 Å². The van der Waals surface area contributed by atoms with Gasteiger partial charge in [-0.1, -0.05) is 24.3 Å². The molecule has 152 valence electrons. The van der Waals surface area contributed by atoms with Crippen LogP contribution < -0.4 is 16.1 Å². The molecule has 0 heterocycles. The fraction of sp³-hybridized carbons (Fsp3) is 0.0870. The lowest BCUT2D eigenvalue weighted by molar-refractivity contribution is -0.115. The highest BCUT2D eigenvalue weighted by Gasteiger charge is 2.07. The highest BCUT2D eigenvalue weighted by molar-refractivity contribution is 14.1. The van der Waals surface area contributed by atoms with Crippen molar-refractivity contribution in [2.24, 2.45) is 5.10 Å². The van der Waals surface area contributed by atoms with Gasteiger partial charge in [-0.2, -0.15) is 5.10 Å². The molecule has 0 aliphatic heterocycles. The second-order valence-corrected chi connectivity index (χ2v) is 7.84. The van der Waals surface area contributed by atoms with Crippen molar-refractivity contribution < 1.29 is 9.59 Å². The van der Waals surface area contributed by atoms with Crippen molar-refractivity contribution >= 4 is 57.2 Å². The molecule has 0 unspecified atom stereocenters. The summed E-state index contributed by atoms with van der Waals surface area (Å²) in [6.07, 6.45) is 0.0800. The zero-order valence-corrected chi connectivity index (χ0v) is 18.5. The van der Waals surface area contributed by atoms with E-state index >= 15 is 0 Å². The molecule has 7 heteroatoms. The fourth-order valence-corrected chi connectivity index (χ4v) is 3.19. The summed E-state index contributed by atoms with van der Waals surface area (Å²) < 4.78 is 0.963. The number of rotatable bonds is 7. The summed E-state index contributed by atoms with van der Waals surface area (Å²) in [5.74, 6) is -0.515. The Hall–Kier alpha value is -3.20. The van der Waals surface area contributed by atoms with Crippen LogP contribution in [0.3, 0.4) is 0 Å². The summed E-state index contributed by atoms with van der Waals surface area (Å²) in [5, 5.41) is 10.1. The van der Waals surface area contributed by atoms with Crippen LogP contribution in [0.15, 0.2) is 84.0 Å². The Morgan fingerprint density at radius 1 is 0.867 bits per heavy atom. The van der Waals surface area contributed by atoms with Gasteiger partial charge in [0.05, 0.1) is 6.42 Å². The minimum Gasteiger partial charge on any atom is -0.356 e. The van der Waals surface area contributed by atoms with E-state index in [-0.39, 0.29) is 18.2 Å². The summed E-state index contributed by atoms with van der Waals surface area (Å²) in [4.78, 5) is 24.3. The Bertz CT molecular complexity index is 1050. The third kappa shape index (κ3) is 6.70. The number of nitrogens with zero attached hydrogens (tertiary/aromatic N) is 1. The van der Waals surface area contributed by atoms with Gasteiger partial charge < -0.3 is 10.6 Å². The molecular formula is C23H21IN4O2. The van der Waals surface area contributed by atoms with Gasteiger partial charge in [-0.3, -0.25) is 9.59 Å². The molecule has 6 nitrogen and oxygen atoms in total. The van der Waals surface area contributed by atoms with Crippen LogP contribution in [0.4, 0.5) is 17.1 Å². The number of carbonyl (C=O) groups excluding carboxylic acids is 2. The normalized spacial score (nSPS) is 10.9. The predicted octanol–water partition coefficient (Wildman–Crippen LogP) is 5.17. The molecule has 0 saturated carbocycles. The summed E-state index contributed by atoms with van der Waals surface area (Å²) in [6.45, 7) is 1.70. The number of hydrogen-bond donors (Lipinski definition) is 3. The van der Waals surface area contributed by atoms with Crippen molar-refractivity contribution in [3.05, 3.63) is 88.0 Å². The molecule has 0 fully saturated rings. The first-order valence-corrected chi connectivity index (χ1v) is 10.4. The van der Waals surface area contributed by atoms with Gasteiger partial charge in [-0.25, -0.2) is 5.43 Å². The average Bonchev–Trinajstić information content (AvgIpc) is 2.74. The molecule has 30 heavy (non-hydrogen) atoms. The molecule has 3 aromatic rings. The van der Waals surface area contributed by atoms with Crippen LogP contribution in [0.2, 0.25) is 0 Å². The maximum Gasteiger partial charge on any atom is 0.271 e. The Morgan fingerprint density at radius 2 is 1.53 bits per heavy atom. The van der Waals surface area contributed by atoms with E-state index in [1.165, 1.54) is 0 Å². The molecule has 0 saturated heterocycles. The Labute approximate surface area is 188 Å². The van der Waals surface area contributed by atoms with Crippen molar-refractivity contribution in [1.82, 2.24) is 5.43 Å². The van der Waals surface area contributed by atoms with Gasteiger partial charge in [-0.15, -0.1) is 0 Å². The van der Waals surface area contributed by atoms with Gasteiger partial charge in [0.1, 0.15) is 0 Å². The van der Waals surface area contributed by atoms with Gasteiger partial charge in [0.25, 0.3) is 5.91 Å². The Morgan fingerprint density at radius 3 is 2.23 bits per heavy atom. The van der Waals surface area contributed by atoms with E-state index < -0.39 is 0 Å². The molecule has 0 aromatic heterocycles. The first kappa shape index (κ1) is 21.5. The number of para-hydroxylation sites is 1. The van der Waals surface area contributed by atoms with Crippen molar-refractivity contribution in [1.29, 1.82) is 0 Å². The Kier molecular flexibility index (Phi) is 7.56. The number of hydrazone groups is 1. The van der Waals surface area contributed by atoms with E-state index in [2.05, 4.69) is 43.8 Å². The number of hydrogen-bond acceptors (Lipinski definition) is 4. The predicted molar refractivity (Wildman–Crippen MR) is 129 cm³/mol. The van der Waals surface area contributed by atoms with Gasteiger partial charge in [-0.05, 0) is 84.1 Å². The maximum atomic E-state index is 12.2. The number of halogens is 1. The minimum atomic E-state index is -0.310. The highest BCUT2D eigenvalue weighted by atomic mass is 127. The Balaban J connectivity index is 1.49. The second-order valence-electron chi connectivity index (χ2n) is 6.59. The topological polar surface area (TPSA) is 82.6 Å². The van der Waals surface area contributed by atoms with Crippen LogP contribution in [0.5, 0.6) is 0 Å². The lowest BCUT2D eigenvalue weighted by Gasteiger charge is -2.09. The summed E-state index contributed by atoms with van der Waals surface area (Å²) in [6, 6.07) is 24.5. The summed E-state index contributed by atoms with van der Waals surface area (Å²) >= 11 is 2.14. The first-order chi connectivity index (χ1) is 14.5. The smallest absolute Gasteiger partial charge is 0.271 e. The molecule has 0 spiro atoms. The fourth-order valence-electron chi connectivity index (χ4n) is 2.64. The van der Waals surface area contributed by atoms with E-state index in [1.54, 1.807) is 25.1 Å². The summed E-state index contributed by atoms with van der Waals surface area (Å²) in [5.41, 5.74) is 6.12. The monoisotopic (exact) mass is 512 g/mol. The number of benzene rings is 3. The standard InChI is InChI=1S/C23H21IN4O2/c1-16(27-28-23(30)17-6-5-7-18(24)15-17)14-22(29)26-21-12-10-20(11-13-21)25-19-8-3-2-4-9-19/h2-13,15,25H,14H2,1H3,(H,26,29)(H,28,30)/b27-16+. The van der Waals surface area contributed by atoms with Crippen LogP contribution in [-0.4, -0.2) is 17.5 Å². The van der Waals surface area contributed by atoms with E-state index in [1.807, 2.05) is 60.7 Å². The highest BCUT2D eigenvalue weighted by Crippen LogP contribution is 2.18. The number of nitrogens with one attached hydrogen (secondary N) is 3. The van der Waals surface area contributed by atoms with Crippen molar-refractivity contribution in [2.45, 2.75) is 13.3 Å². The number of anilines is 3. The lowest BCUT2D eigenvalue weighted by atomic mass is 10.2. The molecule has 3 N–H and O–H groups in total. The minimum absolute atomic E-state index is 0.0800. The molecule has 0 radical (unpaired) electrons. The molecule has 2 amide bonds. The molecule has 3 aromatic carbocycles. The van der Waals surface area contributed by atoms with Crippen LogP contribution in [0, 0.1) is 3.57 Å². The van der Waals surface area contributed by atoms with Gasteiger partial charge >= 0.3 is 0 Å². The maximum absolute atomic E-state index is 12.2. The first-order valence-electron chi connectivity index (χ1n) is 9.30. The number of carbonyl (C=O) groups is 2. The van der Waals surface area contributed by atoms with Crippen molar-refractivity contribution in [3.8, 4) is 0 Å². The average molecular weight is 512 g/mol. The molecule has 0 atom stereocenters. The second kappa shape index (κ2) is 10.5. The lowest BCUT2D eigenvalue weighted by Crippen LogP contribution is -2.21. The largest absolute Gasteiger partial charge is 0.356 e. The van der Waals surface area contributed by atoms with E-state index in [0.717, 1.165) is 14.9 Å². The van der Waals surface area contributed by atoms with Gasteiger partial charge in [0, 0.05) is 31.9 Å².